The van der Waals surface area contributed by atoms with Gasteiger partial charge in [-0.25, -0.2) is 9.80 Å². The Morgan fingerprint density at radius 3 is 3.00 bits per heavy atom. The summed E-state index contributed by atoms with van der Waals surface area (Å²) in [7, 11) is 0. The topological polar surface area (TPSA) is 74.0 Å². The Balaban J connectivity index is 1.56. The van der Waals surface area contributed by atoms with Crippen molar-refractivity contribution in [2.45, 2.75) is 25.3 Å². The normalized spacial score (nSPS) is 28.4. The lowest BCUT2D eigenvalue weighted by Crippen LogP contribution is -2.41. The molecule has 2 amide bonds. The lowest BCUT2D eigenvalue weighted by atomic mass is 9.95. The van der Waals surface area contributed by atoms with E-state index in [-0.39, 0.29) is 12.0 Å². The van der Waals surface area contributed by atoms with Crippen molar-refractivity contribution in [1.82, 2.24) is 15.2 Å². The van der Waals surface area contributed by atoms with Gasteiger partial charge in [-0.2, -0.15) is 5.10 Å². The average Bonchev–Trinajstić information content (AvgIpc) is 2.88. The maximum absolute atomic E-state index is 11.5. The lowest BCUT2D eigenvalue weighted by molar-refractivity contribution is 0.201. The summed E-state index contributed by atoms with van der Waals surface area (Å²) in [6, 6.07) is -0.656. The van der Waals surface area contributed by atoms with Crippen LogP contribution in [0.5, 0.6) is 0 Å². The molecule has 6 nitrogen and oxygen atoms in total. The maximum Gasteiger partial charge on any atom is 0.335 e. The highest BCUT2D eigenvalue weighted by molar-refractivity contribution is 5.91. The van der Waals surface area contributed by atoms with Gasteiger partial charge in [-0.05, 0) is 32.0 Å². The van der Waals surface area contributed by atoms with Gasteiger partial charge >= 0.3 is 6.03 Å². The van der Waals surface area contributed by atoms with Crippen LogP contribution < -0.4 is 11.1 Å². The number of amidine groups is 1. The third kappa shape index (κ3) is 3.10. The number of urea groups is 1. The Morgan fingerprint density at radius 2 is 2.24 bits per heavy atom. The number of nitrogens with one attached hydrogen (secondary N) is 1. The second kappa shape index (κ2) is 6.30. The molecule has 0 aromatic heterocycles. The van der Waals surface area contributed by atoms with Crippen molar-refractivity contribution in [2.24, 2.45) is 16.8 Å². The molecule has 0 aromatic rings. The fraction of sp³-hybridized carbons (Fsp3) is 0.600. The number of hydrazone groups is 1. The van der Waals surface area contributed by atoms with Crippen LogP contribution in [0, 0.1) is 12.0 Å². The molecule has 2 aliphatic heterocycles. The molecule has 0 saturated carbocycles. The number of primary amides is 1. The van der Waals surface area contributed by atoms with Crippen LogP contribution in [0.2, 0.25) is 0 Å². The number of carbonyl (C=O) groups excluding carboxylic acids is 1. The molecule has 2 heterocycles. The second-order valence-electron chi connectivity index (χ2n) is 5.71. The van der Waals surface area contributed by atoms with E-state index in [1.54, 1.807) is 0 Å². The van der Waals surface area contributed by atoms with Gasteiger partial charge in [-0.1, -0.05) is 24.6 Å². The average molecular weight is 288 g/mol. The number of piperidine rings is 1. The first-order valence-electron chi connectivity index (χ1n) is 7.65. The number of hydrogen-bond donors (Lipinski definition) is 2. The third-order valence-corrected chi connectivity index (χ3v) is 4.26. The van der Waals surface area contributed by atoms with Crippen molar-refractivity contribution < 1.29 is 4.79 Å². The minimum Gasteiger partial charge on any atom is -0.370 e. The third-order valence-electron chi connectivity index (χ3n) is 4.26. The van der Waals surface area contributed by atoms with Crippen LogP contribution in [0.15, 0.2) is 23.3 Å². The molecule has 6 heteroatoms. The highest BCUT2D eigenvalue weighted by Gasteiger charge is 2.37. The molecule has 2 unspecified atom stereocenters. The van der Waals surface area contributed by atoms with Crippen LogP contribution in [0.25, 0.3) is 0 Å². The van der Waals surface area contributed by atoms with Crippen LogP contribution in [0.3, 0.4) is 0 Å². The molecule has 113 valence electrons. The molecule has 3 aliphatic rings. The fourth-order valence-electron chi connectivity index (χ4n) is 3.13. The summed E-state index contributed by atoms with van der Waals surface area (Å²) in [5.41, 5.74) is 5.38. The maximum atomic E-state index is 11.5. The summed E-state index contributed by atoms with van der Waals surface area (Å²) < 4.78 is 0. The van der Waals surface area contributed by atoms with Gasteiger partial charge in [-0.15, -0.1) is 0 Å². The number of likely N-dealkylation sites (tertiary alicyclic amines) is 1. The number of amides is 2. The fourth-order valence-corrected chi connectivity index (χ4v) is 3.13. The zero-order valence-electron chi connectivity index (χ0n) is 12.2. The van der Waals surface area contributed by atoms with Crippen molar-refractivity contribution >= 4 is 11.9 Å². The van der Waals surface area contributed by atoms with Gasteiger partial charge in [0.15, 0.2) is 0 Å². The number of rotatable bonds is 3. The van der Waals surface area contributed by atoms with E-state index in [0.29, 0.717) is 0 Å². The molecule has 0 spiro atoms. The summed E-state index contributed by atoms with van der Waals surface area (Å²) in [4.78, 5) is 13.9. The summed E-state index contributed by atoms with van der Waals surface area (Å²) >= 11 is 0. The molecule has 1 fully saturated rings. The van der Waals surface area contributed by atoms with Crippen LogP contribution in [0.1, 0.15) is 19.3 Å². The zero-order chi connectivity index (χ0) is 14.7. The SMILES string of the molecule is NC(=O)N1N=C(NCCN2CCCCC2)C2C=C[C]=CC21. The molecule has 0 bridgehead atoms. The highest BCUT2D eigenvalue weighted by Crippen LogP contribution is 2.25. The number of hydrogen-bond acceptors (Lipinski definition) is 4. The van der Waals surface area contributed by atoms with E-state index in [1.165, 1.54) is 37.4 Å². The Morgan fingerprint density at radius 1 is 1.43 bits per heavy atom. The predicted molar refractivity (Wildman–Crippen MR) is 81.4 cm³/mol. The van der Waals surface area contributed by atoms with Gasteiger partial charge in [0, 0.05) is 13.1 Å². The highest BCUT2D eigenvalue weighted by atomic mass is 16.2. The van der Waals surface area contributed by atoms with Gasteiger partial charge in [0.2, 0.25) is 0 Å². The molecule has 1 saturated heterocycles. The number of nitrogens with zero attached hydrogens (tertiary/aromatic N) is 3. The Labute approximate surface area is 125 Å². The van der Waals surface area contributed by atoms with Crippen molar-refractivity contribution in [3.63, 3.8) is 0 Å². The molecule has 21 heavy (non-hydrogen) atoms. The zero-order valence-corrected chi connectivity index (χ0v) is 12.2. The largest absolute Gasteiger partial charge is 0.370 e. The first kappa shape index (κ1) is 14.1. The van der Waals surface area contributed by atoms with E-state index in [0.717, 1.165) is 18.9 Å². The van der Waals surface area contributed by atoms with Crippen LogP contribution in [0.4, 0.5) is 4.79 Å². The number of nitrogens with two attached hydrogens (primary N) is 1. The Bertz CT molecular complexity index is 478. The summed E-state index contributed by atoms with van der Waals surface area (Å²) in [6.45, 7) is 4.23. The summed E-state index contributed by atoms with van der Waals surface area (Å²) in [5, 5.41) is 9.05. The molecule has 0 aromatic carbocycles. The summed E-state index contributed by atoms with van der Waals surface area (Å²) in [6.07, 6.45) is 12.7. The Kier molecular flexibility index (Phi) is 4.24. The van der Waals surface area contributed by atoms with Crippen LogP contribution >= 0.6 is 0 Å². The van der Waals surface area contributed by atoms with Gasteiger partial charge in [0.1, 0.15) is 5.84 Å². The molecular weight excluding hydrogens is 266 g/mol. The van der Waals surface area contributed by atoms with E-state index in [9.17, 15) is 4.79 Å². The van der Waals surface area contributed by atoms with Crippen LogP contribution in [-0.4, -0.2) is 54.0 Å². The van der Waals surface area contributed by atoms with E-state index in [1.807, 2.05) is 18.2 Å². The molecule has 3 rings (SSSR count). The van der Waals surface area contributed by atoms with E-state index < -0.39 is 6.03 Å². The van der Waals surface area contributed by atoms with Gasteiger partial charge < -0.3 is 16.0 Å². The molecular formula is C15H22N5O. The van der Waals surface area contributed by atoms with Crippen molar-refractivity contribution in [3.05, 3.63) is 24.3 Å². The van der Waals surface area contributed by atoms with Gasteiger partial charge in [0.05, 0.1) is 12.0 Å². The Hall–Kier alpha value is -1.82. The van der Waals surface area contributed by atoms with Gasteiger partial charge in [0.25, 0.3) is 0 Å². The minimum absolute atomic E-state index is 0.0695. The number of fused-ring (bicyclic) bond motifs is 1. The van der Waals surface area contributed by atoms with Crippen molar-refractivity contribution in [1.29, 1.82) is 0 Å². The number of allylic oxidation sites excluding steroid dienone is 2. The van der Waals surface area contributed by atoms with E-state index in [4.69, 9.17) is 5.73 Å². The standard InChI is InChI=1S/C15H22N5O/c16-15(21)20-13-7-3-2-6-12(13)14(18-20)17-8-11-19-9-4-1-5-10-19/h2,6-7,12-13H,1,4-5,8-11H2,(H2,16,21)(H,17,18). The smallest absolute Gasteiger partial charge is 0.335 e. The first-order valence-corrected chi connectivity index (χ1v) is 7.65. The first-order chi connectivity index (χ1) is 10.3. The van der Waals surface area contributed by atoms with E-state index in [2.05, 4.69) is 21.4 Å². The van der Waals surface area contributed by atoms with Crippen molar-refractivity contribution in [2.75, 3.05) is 26.2 Å². The summed E-state index contributed by atoms with van der Waals surface area (Å²) in [5.74, 6) is 0.893. The molecule has 2 atom stereocenters. The van der Waals surface area contributed by atoms with Crippen molar-refractivity contribution in [3.8, 4) is 0 Å². The molecule has 1 radical (unpaired) electrons. The quantitative estimate of drug-likeness (QED) is 0.802. The predicted octanol–water partition coefficient (Wildman–Crippen LogP) is 0.684. The monoisotopic (exact) mass is 288 g/mol. The molecule has 3 N–H and O–H groups in total. The van der Waals surface area contributed by atoms with Crippen LogP contribution in [-0.2, 0) is 0 Å². The molecule has 1 aliphatic carbocycles. The lowest BCUT2D eigenvalue weighted by Gasteiger charge is -2.26. The second-order valence-corrected chi connectivity index (χ2v) is 5.71. The number of carbonyl (C=O) groups is 1. The minimum atomic E-state index is -0.522. The van der Waals surface area contributed by atoms with E-state index >= 15 is 0 Å². The van der Waals surface area contributed by atoms with Gasteiger partial charge in [-0.3, -0.25) is 0 Å².